The van der Waals surface area contributed by atoms with E-state index in [0.717, 1.165) is 22.4 Å². The van der Waals surface area contributed by atoms with Gasteiger partial charge in [0.05, 0.1) is 18.7 Å². The fourth-order valence-electron chi connectivity index (χ4n) is 3.79. The Labute approximate surface area is 164 Å². The number of nitrogens with two attached hydrogens (primary N) is 1. The standard InChI is InChI=1S/C21H24N4O3/c1-5-28-21-18-17(14-7-6-13(9-22)8-15(14)27-4)16(20(23)26)12(3)25-19(18)11(2)10-24-21/h6-8,10,17,21,24-25H,5H2,1-4H3,(H2,23,26)/t17-,21?/m1/s1. The van der Waals surface area contributed by atoms with Gasteiger partial charge in [-0.15, -0.1) is 0 Å². The smallest absolute Gasteiger partial charge is 0.247 e. The Morgan fingerprint density at radius 3 is 2.71 bits per heavy atom. The predicted molar refractivity (Wildman–Crippen MR) is 105 cm³/mol. The summed E-state index contributed by atoms with van der Waals surface area (Å²) in [6.45, 7) is 6.22. The number of carbonyl (C=O) groups excluding carboxylic acids is 1. The molecule has 0 radical (unpaired) electrons. The van der Waals surface area contributed by atoms with Gasteiger partial charge in [0.1, 0.15) is 5.75 Å². The maximum atomic E-state index is 12.4. The third-order valence-electron chi connectivity index (χ3n) is 5.01. The lowest BCUT2D eigenvalue weighted by atomic mass is 9.77. The lowest BCUT2D eigenvalue weighted by molar-refractivity contribution is -0.114. The highest BCUT2D eigenvalue weighted by Gasteiger charge is 2.40. The Kier molecular flexibility index (Phi) is 5.43. The third kappa shape index (κ3) is 3.23. The number of hydrogen-bond donors (Lipinski definition) is 3. The Morgan fingerprint density at radius 1 is 1.36 bits per heavy atom. The number of primary amides is 1. The minimum atomic E-state index is -0.518. The van der Waals surface area contributed by atoms with Gasteiger partial charge in [0.25, 0.3) is 0 Å². The number of nitrogens with one attached hydrogen (secondary N) is 2. The van der Waals surface area contributed by atoms with Crippen molar-refractivity contribution < 1.29 is 14.3 Å². The van der Waals surface area contributed by atoms with Crippen LogP contribution >= 0.6 is 0 Å². The van der Waals surface area contributed by atoms with Gasteiger partial charge < -0.3 is 25.8 Å². The van der Waals surface area contributed by atoms with Gasteiger partial charge in [0.15, 0.2) is 6.23 Å². The van der Waals surface area contributed by atoms with Crippen LogP contribution in [0.3, 0.4) is 0 Å². The number of hydrogen-bond acceptors (Lipinski definition) is 6. The van der Waals surface area contributed by atoms with Crippen LogP contribution in [0.4, 0.5) is 0 Å². The summed E-state index contributed by atoms with van der Waals surface area (Å²) in [5.41, 5.74) is 10.9. The van der Waals surface area contributed by atoms with Gasteiger partial charge in [0.2, 0.25) is 5.91 Å². The zero-order chi connectivity index (χ0) is 20.4. The molecule has 0 spiro atoms. The molecule has 1 amide bonds. The van der Waals surface area contributed by atoms with Crippen LogP contribution in [-0.4, -0.2) is 25.9 Å². The topological polar surface area (TPSA) is 109 Å². The SMILES string of the molecule is CCOC1NC=C(C)C2=C1[C@H](c1ccc(C#N)cc1OC)C(C(N)=O)=C(C)N2. The molecule has 2 aliphatic heterocycles. The van der Waals surface area contributed by atoms with E-state index in [1.54, 1.807) is 19.2 Å². The number of allylic oxidation sites excluding steroid dienone is 2. The number of benzene rings is 1. The summed E-state index contributed by atoms with van der Waals surface area (Å²) in [6, 6.07) is 7.30. The number of rotatable bonds is 5. The lowest BCUT2D eigenvalue weighted by Gasteiger charge is -2.39. The molecule has 0 aromatic heterocycles. The Balaban J connectivity index is 2.28. The molecule has 7 nitrogen and oxygen atoms in total. The molecule has 28 heavy (non-hydrogen) atoms. The molecule has 0 saturated heterocycles. The number of nitrogens with zero attached hydrogens (tertiary/aromatic N) is 1. The number of methoxy groups -OCH3 is 1. The molecular formula is C21H24N4O3. The summed E-state index contributed by atoms with van der Waals surface area (Å²) >= 11 is 0. The molecule has 7 heteroatoms. The van der Waals surface area contributed by atoms with Gasteiger partial charge in [-0.05, 0) is 38.5 Å². The van der Waals surface area contributed by atoms with Crippen LogP contribution in [0.2, 0.25) is 0 Å². The normalized spacial score (nSPS) is 21.2. The van der Waals surface area contributed by atoms with Crippen LogP contribution in [0.15, 0.2) is 52.5 Å². The maximum absolute atomic E-state index is 12.4. The molecule has 146 valence electrons. The summed E-state index contributed by atoms with van der Waals surface area (Å²) in [6.07, 6.45) is 1.46. The predicted octanol–water partition coefficient (Wildman–Crippen LogP) is 2.14. The first-order chi connectivity index (χ1) is 13.4. The molecule has 0 fully saturated rings. The van der Waals surface area contributed by atoms with E-state index in [2.05, 4.69) is 16.7 Å². The van der Waals surface area contributed by atoms with Gasteiger partial charge >= 0.3 is 0 Å². The second kappa shape index (κ2) is 7.79. The van der Waals surface area contributed by atoms with Gasteiger partial charge in [-0.1, -0.05) is 6.07 Å². The van der Waals surface area contributed by atoms with E-state index in [4.69, 9.17) is 15.2 Å². The molecule has 0 bridgehead atoms. The summed E-state index contributed by atoms with van der Waals surface area (Å²) in [5, 5.41) is 15.8. The van der Waals surface area contributed by atoms with Crippen LogP contribution in [-0.2, 0) is 9.53 Å². The summed E-state index contributed by atoms with van der Waals surface area (Å²) in [7, 11) is 1.54. The van der Waals surface area contributed by atoms with E-state index in [1.807, 2.05) is 33.0 Å². The van der Waals surface area contributed by atoms with Gasteiger partial charge in [-0.3, -0.25) is 4.79 Å². The van der Waals surface area contributed by atoms with E-state index in [-0.39, 0.29) is 0 Å². The van der Waals surface area contributed by atoms with Crippen molar-refractivity contribution in [3.8, 4) is 11.8 Å². The quantitative estimate of drug-likeness (QED) is 0.722. The molecule has 2 heterocycles. The summed E-state index contributed by atoms with van der Waals surface area (Å²) in [5.74, 6) is -0.466. The lowest BCUT2D eigenvalue weighted by Crippen LogP contribution is -2.43. The van der Waals surface area contributed by atoms with Gasteiger partial charge in [-0.2, -0.15) is 5.26 Å². The first-order valence-corrected chi connectivity index (χ1v) is 9.07. The molecular weight excluding hydrogens is 356 g/mol. The highest BCUT2D eigenvalue weighted by atomic mass is 16.5. The molecule has 0 aliphatic carbocycles. The fourth-order valence-corrected chi connectivity index (χ4v) is 3.79. The van der Waals surface area contributed by atoms with Crippen molar-refractivity contribution in [2.24, 2.45) is 5.73 Å². The van der Waals surface area contributed by atoms with Crippen LogP contribution in [0, 0.1) is 11.3 Å². The fraction of sp³-hybridized carbons (Fsp3) is 0.333. The molecule has 1 aromatic carbocycles. The zero-order valence-electron chi connectivity index (χ0n) is 16.4. The second-order valence-electron chi connectivity index (χ2n) is 6.69. The van der Waals surface area contributed by atoms with Crippen molar-refractivity contribution in [2.45, 2.75) is 32.9 Å². The molecule has 2 atom stereocenters. The van der Waals surface area contributed by atoms with Crippen molar-refractivity contribution in [2.75, 3.05) is 13.7 Å². The molecule has 2 aliphatic rings. The first kappa shape index (κ1) is 19.5. The number of carbonyl (C=O) groups is 1. The van der Waals surface area contributed by atoms with E-state index in [9.17, 15) is 10.1 Å². The summed E-state index contributed by atoms with van der Waals surface area (Å²) < 4.78 is 11.5. The van der Waals surface area contributed by atoms with Crippen molar-refractivity contribution >= 4 is 5.91 Å². The molecule has 4 N–H and O–H groups in total. The number of dihydropyridines is 2. The van der Waals surface area contributed by atoms with Crippen molar-refractivity contribution in [1.82, 2.24) is 10.6 Å². The minimum Gasteiger partial charge on any atom is -0.496 e. The first-order valence-electron chi connectivity index (χ1n) is 9.07. The summed E-state index contributed by atoms with van der Waals surface area (Å²) in [4.78, 5) is 12.4. The number of nitriles is 1. The van der Waals surface area contributed by atoms with E-state index in [0.29, 0.717) is 29.2 Å². The minimum absolute atomic E-state index is 0.427. The maximum Gasteiger partial charge on any atom is 0.247 e. The number of amides is 1. The van der Waals surface area contributed by atoms with Crippen molar-refractivity contribution in [1.29, 1.82) is 5.26 Å². The number of ether oxygens (including phenoxy) is 2. The highest BCUT2D eigenvalue weighted by Crippen LogP contribution is 2.45. The highest BCUT2D eigenvalue weighted by molar-refractivity contribution is 5.96. The Morgan fingerprint density at radius 2 is 2.11 bits per heavy atom. The van der Waals surface area contributed by atoms with Crippen LogP contribution in [0.1, 0.15) is 37.8 Å². The Hall–Kier alpha value is -3.24. The van der Waals surface area contributed by atoms with Crippen LogP contribution < -0.4 is 21.1 Å². The molecule has 3 rings (SSSR count). The second-order valence-corrected chi connectivity index (χ2v) is 6.69. The molecule has 0 saturated carbocycles. The zero-order valence-corrected chi connectivity index (χ0v) is 16.4. The van der Waals surface area contributed by atoms with Crippen molar-refractivity contribution in [3.05, 3.63) is 63.6 Å². The van der Waals surface area contributed by atoms with E-state index < -0.39 is 18.1 Å². The largest absolute Gasteiger partial charge is 0.496 e. The molecule has 1 unspecified atom stereocenters. The van der Waals surface area contributed by atoms with E-state index >= 15 is 0 Å². The monoisotopic (exact) mass is 380 g/mol. The molecule has 1 aromatic rings. The van der Waals surface area contributed by atoms with Crippen molar-refractivity contribution in [3.63, 3.8) is 0 Å². The third-order valence-corrected chi connectivity index (χ3v) is 5.01. The van der Waals surface area contributed by atoms with Gasteiger partial charge in [-0.25, -0.2) is 0 Å². The Bertz CT molecular complexity index is 953. The average molecular weight is 380 g/mol. The van der Waals surface area contributed by atoms with Gasteiger partial charge in [0, 0.05) is 46.8 Å². The average Bonchev–Trinajstić information content (AvgIpc) is 2.68. The van der Waals surface area contributed by atoms with Crippen LogP contribution in [0.5, 0.6) is 5.75 Å². The van der Waals surface area contributed by atoms with Crippen LogP contribution in [0.25, 0.3) is 0 Å². The van der Waals surface area contributed by atoms with E-state index in [1.165, 1.54) is 0 Å².